The van der Waals surface area contributed by atoms with Gasteiger partial charge in [0, 0.05) is 38.3 Å². The molecular weight excluding hydrogens is 423 g/mol. The first kappa shape index (κ1) is 23.8. The summed E-state index contributed by atoms with van der Waals surface area (Å²) in [5.74, 6) is 1.74. The highest BCUT2D eigenvalue weighted by molar-refractivity contribution is 5.85. The molecule has 7 nitrogen and oxygen atoms in total. The quantitative estimate of drug-likeness (QED) is 0.644. The summed E-state index contributed by atoms with van der Waals surface area (Å²) in [7, 11) is 0. The van der Waals surface area contributed by atoms with Crippen molar-refractivity contribution in [1.82, 2.24) is 24.6 Å². The second-order valence-corrected chi connectivity index (χ2v) is 7.07. The molecule has 0 aliphatic carbocycles. The summed E-state index contributed by atoms with van der Waals surface area (Å²) in [6.45, 7) is 1.86. The highest BCUT2D eigenvalue weighted by Gasteiger charge is 2.25. The molecule has 3 aromatic rings. The Labute approximate surface area is 188 Å². The molecule has 4 rings (SSSR count). The van der Waals surface area contributed by atoms with Crippen molar-refractivity contribution in [3.8, 4) is 0 Å². The number of benzene rings is 1. The highest BCUT2D eigenvalue weighted by atomic mass is 35.5. The van der Waals surface area contributed by atoms with Crippen molar-refractivity contribution in [3.63, 3.8) is 0 Å². The lowest BCUT2D eigenvalue weighted by Gasteiger charge is -2.23. The molecule has 2 N–H and O–H groups in total. The van der Waals surface area contributed by atoms with Gasteiger partial charge in [0.25, 0.3) is 0 Å². The van der Waals surface area contributed by atoms with Crippen molar-refractivity contribution in [2.75, 3.05) is 13.1 Å². The minimum absolute atomic E-state index is 0. The topological polar surface area (TPSA) is 89.9 Å². The molecule has 0 radical (unpaired) electrons. The minimum atomic E-state index is -0.547. The van der Waals surface area contributed by atoms with Crippen LogP contribution in [0.25, 0.3) is 0 Å². The van der Waals surface area contributed by atoms with E-state index in [9.17, 15) is 4.79 Å². The zero-order chi connectivity index (χ0) is 19.3. The van der Waals surface area contributed by atoms with Crippen LogP contribution in [0.3, 0.4) is 0 Å². The molecule has 3 heterocycles. The van der Waals surface area contributed by atoms with Gasteiger partial charge in [0.2, 0.25) is 5.91 Å². The Hall–Kier alpha value is -2.48. The summed E-state index contributed by atoms with van der Waals surface area (Å²) >= 11 is 0. The van der Waals surface area contributed by atoms with Crippen molar-refractivity contribution in [2.45, 2.75) is 31.8 Å². The molecule has 0 unspecified atom stereocenters. The number of hydrogen-bond acceptors (Lipinski definition) is 5. The van der Waals surface area contributed by atoms with Crippen LogP contribution < -0.4 is 5.73 Å². The number of pyridine rings is 1. The van der Waals surface area contributed by atoms with Crippen molar-refractivity contribution in [3.05, 3.63) is 77.6 Å². The predicted molar refractivity (Wildman–Crippen MR) is 120 cm³/mol. The van der Waals surface area contributed by atoms with E-state index in [0.717, 1.165) is 23.6 Å². The second-order valence-electron chi connectivity index (χ2n) is 7.07. The Balaban J connectivity index is 0.00000160. The standard InChI is InChI=1S/C21H24N6O.2ClH/c22-18(14-17-6-9-23-10-7-17)21(28)26-11-8-20-24-19(25-27(20)13-12-26)15-16-4-2-1-3-5-16;;/h1-7,9-10,18H,8,11-15,22H2;2*1H/t18-;;/m0../s1. The Morgan fingerprint density at radius 1 is 1.00 bits per heavy atom. The van der Waals surface area contributed by atoms with Gasteiger partial charge < -0.3 is 10.6 Å². The van der Waals surface area contributed by atoms with Crippen LogP contribution in [0, 0.1) is 0 Å². The van der Waals surface area contributed by atoms with E-state index in [1.54, 1.807) is 12.4 Å². The van der Waals surface area contributed by atoms with Crippen molar-refractivity contribution in [2.24, 2.45) is 5.73 Å². The Bertz CT molecular complexity index is 910. The fraction of sp³-hybridized carbons (Fsp3) is 0.333. The lowest BCUT2D eigenvalue weighted by atomic mass is 10.1. The zero-order valence-electron chi connectivity index (χ0n) is 16.6. The third kappa shape index (κ3) is 5.78. The zero-order valence-corrected chi connectivity index (χ0v) is 18.2. The number of fused-ring (bicyclic) bond motifs is 1. The van der Waals surface area contributed by atoms with Gasteiger partial charge >= 0.3 is 0 Å². The maximum atomic E-state index is 12.8. The van der Waals surface area contributed by atoms with Gasteiger partial charge in [-0.05, 0) is 29.7 Å². The van der Waals surface area contributed by atoms with Crippen LogP contribution >= 0.6 is 24.8 Å². The van der Waals surface area contributed by atoms with E-state index in [-0.39, 0.29) is 30.7 Å². The van der Waals surface area contributed by atoms with E-state index in [1.165, 1.54) is 5.56 Å². The summed E-state index contributed by atoms with van der Waals surface area (Å²) in [6.07, 6.45) is 5.36. The smallest absolute Gasteiger partial charge is 0.239 e. The molecule has 2 aromatic heterocycles. The number of rotatable bonds is 5. The predicted octanol–water partition coefficient (Wildman–Crippen LogP) is 2.06. The number of nitrogens with two attached hydrogens (primary N) is 1. The van der Waals surface area contributed by atoms with Crippen LogP contribution in [0.4, 0.5) is 0 Å². The third-order valence-electron chi connectivity index (χ3n) is 5.02. The summed E-state index contributed by atoms with van der Waals surface area (Å²) in [5.41, 5.74) is 8.39. The third-order valence-corrected chi connectivity index (χ3v) is 5.02. The number of halogens is 2. The van der Waals surface area contributed by atoms with Gasteiger partial charge in [0.15, 0.2) is 5.82 Å². The number of amides is 1. The van der Waals surface area contributed by atoms with Crippen molar-refractivity contribution >= 4 is 30.7 Å². The lowest BCUT2D eigenvalue weighted by Crippen LogP contribution is -2.46. The average molecular weight is 449 g/mol. The van der Waals surface area contributed by atoms with Crippen molar-refractivity contribution in [1.29, 1.82) is 0 Å². The van der Waals surface area contributed by atoms with Gasteiger partial charge in [-0.3, -0.25) is 9.78 Å². The summed E-state index contributed by atoms with van der Waals surface area (Å²) in [5, 5.41) is 4.64. The fourth-order valence-corrected chi connectivity index (χ4v) is 3.52. The summed E-state index contributed by atoms with van der Waals surface area (Å²) in [6, 6.07) is 13.4. The van der Waals surface area contributed by atoms with Crippen LogP contribution in [-0.2, 0) is 30.6 Å². The lowest BCUT2D eigenvalue weighted by molar-refractivity contribution is -0.132. The second kappa shape index (κ2) is 11.1. The van der Waals surface area contributed by atoms with Gasteiger partial charge in [0.1, 0.15) is 5.82 Å². The molecular formula is C21H26Cl2N6O. The SMILES string of the molecule is Cl.Cl.N[C@@H](Cc1ccncc1)C(=O)N1CCc2nc(Cc3ccccc3)nn2CC1. The van der Waals surface area contributed by atoms with Gasteiger partial charge in [-0.25, -0.2) is 9.67 Å². The molecule has 1 aliphatic rings. The highest BCUT2D eigenvalue weighted by Crippen LogP contribution is 2.12. The van der Waals surface area contributed by atoms with Crippen LogP contribution in [0.2, 0.25) is 0 Å². The largest absolute Gasteiger partial charge is 0.339 e. The molecule has 1 atom stereocenters. The Kier molecular flexibility index (Phi) is 8.77. The monoisotopic (exact) mass is 448 g/mol. The number of aromatic nitrogens is 4. The van der Waals surface area contributed by atoms with E-state index >= 15 is 0 Å². The first-order valence-corrected chi connectivity index (χ1v) is 9.59. The first-order chi connectivity index (χ1) is 13.7. The van der Waals surface area contributed by atoms with E-state index in [4.69, 9.17) is 5.73 Å². The van der Waals surface area contributed by atoms with Crippen LogP contribution in [0.15, 0.2) is 54.9 Å². The van der Waals surface area contributed by atoms with Crippen LogP contribution in [0.1, 0.15) is 22.8 Å². The van der Waals surface area contributed by atoms with Gasteiger partial charge in [0.05, 0.1) is 12.6 Å². The molecule has 0 spiro atoms. The molecule has 1 amide bonds. The van der Waals surface area contributed by atoms with Gasteiger partial charge in [-0.15, -0.1) is 24.8 Å². The van der Waals surface area contributed by atoms with E-state index in [0.29, 0.717) is 32.5 Å². The van der Waals surface area contributed by atoms with Crippen LogP contribution in [-0.4, -0.2) is 49.7 Å². The normalized spacial score (nSPS) is 14.0. The molecule has 9 heteroatoms. The first-order valence-electron chi connectivity index (χ1n) is 9.59. The maximum absolute atomic E-state index is 12.8. The maximum Gasteiger partial charge on any atom is 0.239 e. The van der Waals surface area contributed by atoms with Crippen molar-refractivity contribution < 1.29 is 4.79 Å². The molecule has 1 aliphatic heterocycles. The summed E-state index contributed by atoms with van der Waals surface area (Å²) < 4.78 is 1.93. The molecule has 0 bridgehead atoms. The molecule has 0 saturated carbocycles. The minimum Gasteiger partial charge on any atom is -0.339 e. The Morgan fingerprint density at radius 2 is 1.73 bits per heavy atom. The number of carbonyl (C=O) groups excluding carboxylic acids is 1. The van der Waals surface area contributed by atoms with Gasteiger partial charge in [-0.2, -0.15) is 5.10 Å². The fourth-order valence-electron chi connectivity index (χ4n) is 3.52. The molecule has 0 fully saturated rings. The van der Waals surface area contributed by atoms with Crippen LogP contribution in [0.5, 0.6) is 0 Å². The van der Waals surface area contributed by atoms with E-state index < -0.39 is 6.04 Å². The molecule has 30 heavy (non-hydrogen) atoms. The molecule has 0 saturated heterocycles. The molecule has 160 valence electrons. The molecule has 1 aromatic carbocycles. The van der Waals surface area contributed by atoms with Gasteiger partial charge in [-0.1, -0.05) is 30.3 Å². The Morgan fingerprint density at radius 3 is 2.47 bits per heavy atom. The van der Waals surface area contributed by atoms with E-state index in [1.807, 2.05) is 39.9 Å². The number of carbonyl (C=O) groups is 1. The number of hydrogen-bond donors (Lipinski definition) is 1. The van der Waals surface area contributed by atoms with E-state index in [2.05, 4.69) is 27.2 Å². The average Bonchev–Trinajstić information content (AvgIpc) is 2.99. The summed E-state index contributed by atoms with van der Waals surface area (Å²) in [4.78, 5) is 23.3. The number of nitrogens with zero attached hydrogens (tertiary/aromatic N) is 5.